The van der Waals surface area contributed by atoms with Crippen molar-refractivity contribution in [3.05, 3.63) is 28.2 Å². The lowest BCUT2D eigenvalue weighted by atomic mass is 10.1. The summed E-state index contributed by atoms with van der Waals surface area (Å²) in [5.41, 5.74) is 2.69. The van der Waals surface area contributed by atoms with Gasteiger partial charge in [-0.2, -0.15) is 11.8 Å². The third-order valence-corrected chi connectivity index (χ3v) is 5.53. The number of rotatable bonds is 5. The van der Waals surface area contributed by atoms with Gasteiger partial charge < -0.3 is 10.2 Å². The summed E-state index contributed by atoms with van der Waals surface area (Å²) in [6, 6.07) is 7.22. The monoisotopic (exact) mass is 356 g/mol. The molecule has 4 heteroatoms. The second-order valence-corrected chi connectivity index (χ2v) is 7.91. The van der Waals surface area contributed by atoms with E-state index in [1.807, 2.05) is 0 Å². The minimum absolute atomic E-state index is 0.413. The van der Waals surface area contributed by atoms with Crippen molar-refractivity contribution in [2.24, 2.45) is 0 Å². The zero-order chi connectivity index (χ0) is 14.5. The summed E-state index contributed by atoms with van der Waals surface area (Å²) in [4.78, 5) is 2.50. The van der Waals surface area contributed by atoms with Crippen molar-refractivity contribution in [1.82, 2.24) is 5.32 Å². The molecule has 1 aliphatic heterocycles. The molecule has 2 rings (SSSR count). The van der Waals surface area contributed by atoms with Gasteiger partial charge in [0.05, 0.1) is 5.69 Å². The van der Waals surface area contributed by atoms with Gasteiger partial charge in [0.2, 0.25) is 0 Å². The molecule has 0 saturated carbocycles. The topological polar surface area (TPSA) is 15.3 Å². The van der Waals surface area contributed by atoms with Gasteiger partial charge in [-0.15, -0.1) is 0 Å². The van der Waals surface area contributed by atoms with Crippen molar-refractivity contribution in [2.75, 3.05) is 30.3 Å². The van der Waals surface area contributed by atoms with Gasteiger partial charge >= 0.3 is 0 Å². The van der Waals surface area contributed by atoms with Gasteiger partial charge in [0.25, 0.3) is 0 Å². The maximum atomic E-state index is 3.76. The van der Waals surface area contributed by atoms with Gasteiger partial charge in [-0.05, 0) is 53.5 Å². The minimum atomic E-state index is 0.413. The molecule has 1 saturated heterocycles. The average molecular weight is 357 g/mol. The highest BCUT2D eigenvalue weighted by Gasteiger charge is 2.19. The lowest BCUT2D eigenvalue weighted by Crippen LogP contribution is -2.36. The molecule has 1 N–H and O–H groups in total. The number of nitrogens with one attached hydrogen (secondary N) is 1. The molecule has 0 aromatic heterocycles. The molecule has 1 aliphatic rings. The third kappa shape index (κ3) is 4.15. The molecule has 2 atom stereocenters. The van der Waals surface area contributed by atoms with Crippen molar-refractivity contribution in [3.63, 3.8) is 0 Å². The summed E-state index contributed by atoms with van der Waals surface area (Å²) in [5.74, 6) is 1.23. The summed E-state index contributed by atoms with van der Waals surface area (Å²) >= 11 is 5.84. The van der Waals surface area contributed by atoms with Gasteiger partial charge in [-0.25, -0.2) is 0 Å². The van der Waals surface area contributed by atoms with Crippen LogP contribution in [0.4, 0.5) is 5.69 Å². The third-order valence-electron chi connectivity index (χ3n) is 3.75. The van der Waals surface area contributed by atoms with Crippen LogP contribution in [0.3, 0.4) is 0 Å². The predicted octanol–water partition coefficient (Wildman–Crippen LogP) is 4.45. The molecule has 1 fully saturated rings. The Kier molecular flexibility index (Phi) is 6.24. The van der Waals surface area contributed by atoms with Gasteiger partial charge in [0, 0.05) is 34.6 Å². The van der Waals surface area contributed by atoms with E-state index in [-0.39, 0.29) is 0 Å². The number of hydrogen-bond acceptors (Lipinski definition) is 3. The Hall–Kier alpha value is -0.190. The van der Waals surface area contributed by atoms with Crippen molar-refractivity contribution in [1.29, 1.82) is 0 Å². The van der Waals surface area contributed by atoms with E-state index in [0.717, 1.165) is 24.9 Å². The fraction of sp³-hybridized carbons (Fsp3) is 0.625. The normalized spacial score (nSPS) is 21.0. The Morgan fingerprint density at radius 2 is 2.30 bits per heavy atom. The molecule has 2 unspecified atom stereocenters. The summed E-state index contributed by atoms with van der Waals surface area (Å²) in [6.07, 6.45) is 1.17. The fourth-order valence-electron chi connectivity index (χ4n) is 2.56. The van der Waals surface area contributed by atoms with Gasteiger partial charge in [0.1, 0.15) is 0 Å². The first-order chi connectivity index (χ1) is 9.61. The smallest absolute Gasteiger partial charge is 0.0511 e. The summed E-state index contributed by atoms with van der Waals surface area (Å²) < 4.78 is 1.22. The van der Waals surface area contributed by atoms with Crippen LogP contribution in [0.1, 0.15) is 38.8 Å². The number of benzene rings is 1. The Balaban J connectivity index is 2.09. The highest BCUT2D eigenvalue weighted by atomic mass is 79.9. The molecular weight excluding hydrogens is 332 g/mol. The highest BCUT2D eigenvalue weighted by Crippen LogP contribution is 2.32. The summed E-state index contributed by atoms with van der Waals surface area (Å²) in [5, 5.41) is 4.27. The highest BCUT2D eigenvalue weighted by molar-refractivity contribution is 9.10. The van der Waals surface area contributed by atoms with Gasteiger partial charge in [0.15, 0.2) is 0 Å². The Labute approximate surface area is 135 Å². The van der Waals surface area contributed by atoms with Crippen molar-refractivity contribution >= 4 is 33.4 Å². The maximum absolute atomic E-state index is 3.76. The van der Waals surface area contributed by atoms with Crippen LogP contribution in [0.2, 0.25) is 0 Å². The summed E-state index contributed by atoms with van der Waals surface area (Å²) in [6.45, 7) is 10.1. The van der Waals surface area contributed by atoms with E-state index in [0.29, 0.717) is 6.04 Å². The molecule has 2 nitrogen and oxygen atoms in total. The van der Waals surface area contributed by atoms with E-state index in [9.17, 15) is 0 Å². The van der Waals surface area contributed by atoms with Crippen LogP contribution in [0, 0.1) is 0 Å². The van der Waals surface area contributed by atoms with E-state index < -0.39 is 0 Å². The number of nitrogens with zero attached hydrogens (tertiary/aromatic N) is 1. The van der Waals surface area contributed by atoms with E-state index in [1.165, 1.54) is 27.9 Å². The minimum Gasteiger partial charge on any atom is -0.369 e. The SMILES string of the molecule is CCCNC(C)c1ccc(N2CCSC(C)C2)c(Br)c1. The van der Waals surface area contributed by atoms with Crippen molar-refractivity contribution < 1.29 is 0 Å². The summed E-state index contributed by atoms with van der Waals surface area (Å²) in [7, 11) is 0. The fourth-order valence-corrected chi connectivity index (χ4v) is 4.23. The van der Waals surface area contributed by atoms with Crippen molar-refractivity contribution in [3.8, 4) is 0 Å². The maximum Gasteiger partial charge on any atom is 0.0511 e. The number of hydrogen-bond donors (Lipinski definition) is 1. The molecular formula is C16H25BrN2S. The molecule has 20 heavy (non-hydrogen) atoms. The predicted molar refractivity (Wildman–Crippen MR) is 95.0 cm³/mol. The zero-order valence-corrected chi connectivity index (χ0v) is 15.1. The van der Waals surface area contributed by atoms with Crippen LogP contribution in [0.25, 0.3) is 0 Å². The van der Waals surface area contributed by atoms with Crippen LogP contribution < -0.4 is 10.2 Å². The van der Waals surface area contributed by atoms with E-state index in [1.54, 1.807) is 0 Å². The van der Waals surface area contributed by atoms with Crippen LogP contribution in [-0.2, 0) is 0 Å². The molecule has 0 aliphatic carbocycles. The van der Waals surface area contributed by atoms with Crippen LogP contribution >= 0.6 is 27.7 Å². The number of thioether (sulfide) groups is 1. The molecule has 1 aromatic carbocycles. The molecule has 0 spiro atoms. The molecule has 0 amide bonds. The largest absolute Gasteiger partial charge is 0.369 e. The molecule has 0 radical (unpaired) electrons. The van der Waals surface area contributed by atoms with Gasteiger partial charge in [-0.1, -0.05) is 19.9 Å². The molecule has 112 valence electrons. The van der Waals surface area contributed by atoms with E-state index in [4.69, 9.17) is 0 Å². The van der Waals surface area contributed by atoms with Crippen LogP contribution in [0.15, 0.2) is 22.7 Å². The molecule has 1 heterocycles. The number of halogens is 1. The zero-order valence-electron chi connectivity index (χ0n) is 12.7. The quantitative estimate of drug-likeness (QED) is 0.838. The Bertz CT molecular complexity index is 438. The van der Waals surface area contributed by atoms with Crippen LogP contribution in [-0.4, -0.2) is 30.6 Å². The first-order valence-corrected chi connectivity index (χ1v) is 9.35. The van der Waals surface area contributed by atoms with E-state index in [2.05, 4.69) is 76.9 Å². The van der Waals surface area contributed by atoms with Crippen LogP contribution in [0.5, 0.6) is 0 Å². The lowest BCUT2D eigenvalue weighted by molar-refractivity contribution is 0.570. The second-order valence-electron chi connectivity index (χ2n) is 5.51. The number of anilines is 1. The average Bonchev–Trinajstić information content (AvgIpc) is 2.44. The first kappa shape index (κ1) is 16.2. The Morgan fingerprint density at radius 1 is 1.50 bits per heavy atom. The molecule has 0 bridgehead atoms. The van der Waals surface area contributed by atoms with Crippen molar-refractivity contribution in [2.45, 2.75) is 38.5 Å². The lowest BCUT2D eigenvalue weighted by Gasteiger charge is -2.33. The second kappa shape index (κ2) is 7.71. The van der Waals surface area contributed by atoms with E-state index >= 15 is 0 Å². The molecule has 1 aromatic rings. The van der Waals surface area contributed by atoms with Gasteiger partial charge in [-0.3, -0.25) is 0 Å². The first-order valence-electron chi connectivity index (χ1n) is 7.51. The standard InChI is InChI=1S/C16H25BrN2S/c1-4-7-18-13(3)14-5-6-16(15(17)10-14)19-8-9-20-12(2)11-19/h5-6,10,12-13,18H,4,7-9,11H2,1-3H3. The Morgan fingerprint density at radius 3 is 2.95 bits per heavy atom.